The molecule has 0 radical (unpaired) electrons. The van der Waals surface area contributed by atoms with Crippen molar-refractivity contribution in [1.82, 2.24) is 0 Å². The molecule has 0 aliphatic heterocycles. The van der Waals surface area contributed by atoms with Gasteiger partial charge in [-0.3, -0.25) is 4.79 Å². The van der Waals surface area contributed by atoms with E-state index in [1.165, 1.54) is 12.1 Å². The van der Waals surface area contributed by atoms with Gasteiger partial charge in [0.05, 0.1) is 5.69 Å². The first kappa shape index (κ1) is 15.9. The van der Waals surface area contributed by atoms with Gasteiger partial charge >= 0.3 is 5.97 Å². The molecule has 0 unspecified atom stereocenters. The Hall–Kier alpha value is -2.95. The Balaban J connectivity index is 1.83. The van der Waals surface area contributed by atoms with E-state index in [2.05, 4.69) is 0 Å². The minimum atomic E-state index is -1.15. The minimum Gasteiger partial charge on any atom is -0.478 e. The van der Waals surface area contributed by atoms with Crippen LogP contribution in [-0.4, -0.2) is 17.0 Å². The smallest absolute Gasteiger partial charge is 0.332 e. The van der Waals surface area contributed by atoms with Crippen LogP contribution in [0.5, 0.6) is 0 Å². The molecule has 1 N–H and O–H groups in total. The molecule has 122 valence electrons. The summed E-state index contributed by atoms with van der Waals surface area (Å²) in [5, 5.41) is 9.12. The molecule has 3 rings (SSSR count). The van der Waals surface area contributed by atoms with E-state index in [-0.39, 0.29) is 22.0 Å². The molecule has 24 heavy (non-hydrogen) atoms. The monoisotopic (exact) mass is 325 g/mol. The lowest BCUT2D eigenvalue weighted by Crippen LogP contribution is -2.24. The van der Waals surface area contributed by atoms with Gasteiger partial charge < -0.3 is 5.11 Å². The highest BCUT2D eigenvalue weighted by Gasteiger charge is 2.29. The predicted molar refractivity (Wildman–Crippen MR) is 89.0 cm³/mol. The summed E-state index contributed by atoms with van der Waals surface area (Å²) >= 11 is 0. The molecule has 1 aliphatic carbocycles. The third-order valence-corrected chi connectivity index (χ3v) is 4.11. The molecule has 0 atom stereocenters. The maximum absolute atomic E-state index is 14.4. The lowest BCUT2D eigenvalue weighted by Gasteiger charge is -2.14. The number of rotatable bonds is 4. The Morgan fingerprint density at radius 1 is 0.875 bits per heavy atom. The molecule has 2 aromatic carbocycles. The number of hydrogen-bond acceptors (Lipinski definition) is 2. The third-order valence-electron chi connectivity index (χ3n) is 4.11. The molecule has 0 saturated heterocycles. The summed E-state index contributed by atoms with van der Waals surface area (Å²) in [6.07, 6.45) is 1.16. The van der Waals surface area contributed by atoms with E-state index in [9.17, 15) is 14.1 Å². The Morgan fingerprint density at radius 3 is 2.08 bits per heavy atom. The Kier molecular flexibility index (Phi) is 4.42. The van der Waals surface area contributed by atoms with E-state index < -0.39 is 11.9 Å². The van der Waals surface area contributed by atoms with E-state index in [1.807, 2.05) is 30.3 Å². The lowest BCUT2D eigenvalue weighted by molar-refractivity contribution is -0.133. The number of carbonyl (C=O) groups is 2. The maximum Gasteiger partial charge on any atom is 0.332 e. The zero-order valence-electron chi connectivity index (χ0n) is 12.9. The third kappa shape index (κ3) is 3.06. The average molecular weight is 325 g/mol. The molecule has 1 aliphatic rings. The Labute approximate surface area is 138 Å². The number of halogens is 1. The number of hydrogen-bond donors (Lipinski definition) is 1. The van der Waals surface area contributed by atoms with Gasteiger partial charge in [0.1, 0.15) is 0 Å². The number of anilines is 1. The average Bonchev–Trinajstić information content (AvgIpc) is 3.11. The highest BCUT2D eigenvalue weighted by atomic mass is 19.2. The molecule has 2 aromatic rings. The summed E-state index contributed by atoms with van der Waals surface area (Å²) in [6, 6.07) is 16.1. The van der Waals surface area contributed by atoms with Crippen LogP contribution in [0.4, 0.5) is 10.2 Å². The predicted octanol–water partition coefficient (Wildman–Crippen LogP) is 4.14. The maximum atomic E-state index is 14.4. The number of amides is 1. The lowest BCUT2D eigenvalue weighted by atomic mass is 10.1. The first-order valence-corrected chi connectivity index (χ1v) is 7.69. The second-order valence-electron chi connectivity index (χ2n) is 5.61. The van der Waals surface area contributed by atoms with Crippen LogP contribution in [0.15, 0.2) is 65.7 Å². The fourth-order valence-corrected chi connectivity index (χ4v) is 2.87. The van der Waals surface area contributed by atoms with E-state index in [0.29, 0.717) is 19.3 Å². The van der Waals surface area contributed by atoms with Crippen molar-refractivity contribution in [3.05, 3.63) is 65.7 Å². The van der Waals surface area contributed by atoms with Gasteiger partial charge in [0.25, 0.3) is 5.91 Å². The standard InChI is InChI=1S/C19H16FNO3/c20-21(18(22)16-7-4-8-17(16)19(23)24)15-11-9-14(10-12-15)13-5-2-1-3-6-13/h1-3,5-6,9-12H,4,7-8H2,(H,23,24). The molecule has 0 spiro atoms. The van der Waals surface area contributed by atoms with Crippen LogP contribution < -0.4 is 5.12 Å². The number of carboxylic acids is 1. The van der Waals surface area contributed by atoms with Crippen LogP contribution >= 0.6 is 0 Å². The van der Waals surface area contributed by atoms with Crippen molar-refractivity contribution in [1.29, 1.82) is 0 Å². The summed E-state index contributed by atoms with van der Waals surface area (Å²) < 4.78 is 14.4. The second-order valence-corrected chi connectivity index (χ2v) is 5.61. The fraction of sp³-hybridized carbons (Fsp3) is 0.158. The molecule has 1 amide bonds. The molecule has 0 saturated carbocycles. The molecule has 5 heteroatoms. The summed E-state index contributed by atoms with van der Waals surface area (Å²) in [4.78, 5) is 23.4. The van der Waals surface area contributed by atoms with Gasteiger partial charge in [-0.25, -0.2) is 4.79 Å². The van der Waals surface area contributed by atoms with E-state index in [1.54, 1.807) is 12.1 Å². The van der Waals surface area contributed by atoms with Crippen molar-refractivity contribution in [2.24, 2.45) is 0 Å². The van der Waals surface area contributed by atoms with Gasteiger partial charge in [0, 0.05) is 11.1 Å². The van der Waals surface area contributed by atoms with Crippen molar-refractivity contribution in [2.75, 3.05) is 5.12 Å². The number of nitrogens with zero attached hydrogens (tertiary/aromatic N) is 1. The number of benzene rings is 2. The largest absolute Gasteiger partial charge is 0.478 e. The van der Waals surface area contributed by atoms with Crippen molar-refractivity contribution in [3.8, 4) is 11.1 Å². The Morgan fingerprint density at radius 2 is 1.46 bits per heavy atom. The SMILES string of the molecule is O=C(O)C1=C(C(=O)N(F)c2ccc(-c3ccccc3)cc2)CCC1. The van der Waals surface area contributed by atoms with Crippen LogP contribution in [-0.2, 0) is 9.59 Å². The summed E-state index contributed by atoms with van der Waals surface area (Å²) in [6.45, 7) is 0. The molecule has 0 fully saturated rings. The summed E-state index contributed by atoms with van der Waals surface area (Å²) in [7, 11) is 0. The highest BCUT2D eigenvalue weighted by Crippen LogP contribution is 2.30. The van der Waals surface area contributed by atoms with Crippen LogP contribution in [0.25, 0.3) is 11.1 Å². The minimum absolute atomic E-state index is 0.0172. The summed E-state index contributed by atoms with van der Waals surface area (Å²) in [5.41, 5.74) is 2.06. The van der Waals surface area contributed by atoms with Crippen LogP contribution in [0.3, 0.4) is 0 Å². The van der Waals surface area contributed by atoms with Crippen LogP contribution in [0.2, 0.25) is 0 Å². The summed E-state index contributed by atoms with van der Waals surface area (Å²) in [5.74, 6) is -2.04. The van der Waals surface area contributed by atoms with E-state index >= 15 is 0 Å². The van der Waals surface area contributed by atoms with E-state index in [0.717, 1.165) is 11.1 Å². The number of carbonyl (C=O) groups excluding carboxylic acids is 1. The van der Waals surface area contributed by atoms with Gasteiger partial charge in [-0.2, -0.15) is 0 Å². The molecule has 0 bridgehead atoms. The normalized spacial score (nSPS) is 13.9. The van der Waals surface area contributed by atoms with E-state index in [4.69, 9.17) is 5.11 Å². The second kappa shape index (κ2) is 6.66. The first-order chi connectivity index (χ1) is 11.6. The molecular weight excluding hydrogens is 309 g/mol. The van der Waals surface area contributed by atoms with Gasteiger partial charge in [0.2, 0.25) is 0 Å². The fourth-order valence-electron chi connectivity index (χ4n) is 2.87. The van der Waals surface area contributed by atoms with Crippen molar-refractivity contribution >= 4 is 17.6 Å². The number of aliphatic carboxylic acids is 1. The molecule has 0 aromatic heterocycles. The van der Waals surface area contributed by atoms with Crippen molar-refractivity contribution in [2.45, 2.75) is 19.3 Å². The quantitative estimate of drug-likeness (QED) is 0.860. The van der Waals surface area contributed by atoms with Crippen LogP contribution in [0.1, 0.15) is 19.3 Å². The zero-order chi connectivity index (χ0) is 17.1. The topological polar surface area (TPSA) is 57.6 Å². The van der Waals surface area contributed by atoms with Crippen molar-refractivity contribution in [3.63, 3.8) is 0 Å². The van der Waals surface area contributed by atoms with Crippen LogP contribution in [0, 0.1) is 0 Å². The van der Waals surface area contributed by atoms with Gasteiger partial charge in [-0.1, -0.05) is 46.9 Å². The molecule has 0 heterocycles. The van der Waals surface area contributed by atoms with Gasteiger partial charge in [0.15, 0.2) is 0 Å². The van der Waals surface area contributed by atoms with Gasteiger partial charge in [-0.05, 0) is 42.5 Å². The zero-order valence-corrected chi connectivity index (χ0v) is 12.9. The van der Waals surface area contributed by atoms with Gasteiger partial charge in [-0.15, -0.1) is 5.12 Å². The molecule has 4 nitrogen and oxygen atoms in total. The molecular formula is C19H16FNO3. The Bertz CT molecular complexity index is 797. The van der Waals surface area contributed by atoms with Crippen molar-refractivity contribution < 1.29 is 19.2 Å². The number of carboxylic acid groups (broad SMARTS) is 1. The first-order valence-electron chi connectivity index (χ1n) is 7.69. The highest BCUT2D eigenvalue weighted by molar-refractivity contribution is 6.09.